The highest BCUT2D eigenvalue weighted by atomic mass is 32.2. The van der Waals surface area contributed by atoms with Crippen LogP contribution < -0.4 is 4.90 Å². The van der Waals surface area contributed by atoms with Crippen molar-refractivity contribution in [1.82, 2.24) is 0 Å². The van der Waals surface area contributed by atoms with Crippen LogP contribution in [0.5, 0.6) is 0 Å². The van der Waals surface area contributed by atoms with Crippen molar-refractivity contribution in [2.24, 2.45) is 0 Å². The van der Waals surface area contributed by atoms with Gasteiger partial charge in [0.05, 0.1) is 10.6 Å². The van der Waals surface area contributed by atoms with E-state index in [1.54, 1.807) is 12.2 Å². The van der Waals surface area contributed by atoms with Gasteiger partial charge in [-0.25, -0.2) is 9.29 Å². The largest absolute Gasteiger partial charge is 0.298 e. The van der Waals surface area contributed by atoms with Crippen LogP contribution in [0, 0.1) is 5.82 Å². The van der Waals surface area contributed by atoms with E-state index in [1.165, 1.54) is 24.3 Å². The van der Waals surface area contributed by atoms with Crippen LogP contribution >= 0.6 is 11.8 Å². The van der Waals surface area contributed by atoms with Crippen LogP contribution in [0.3, 0.4) is 0 Å². The zero-order valence-corrected chi connectivity index (χ0v) is 12.8. The first kappa shape index (κ1) is 15.2. The van der Waals surface area contributed by atoms with Crippen molar-refractivity contribution in [3.05, 3.63) is 83.0 Å². The van der Waals surface area contributed by atoms with Gasteiger partial charge in [-0.2, -0.15) is 0 Å². The Labute approximate surface area is 137 Å². The molecule has 0 spiro atoms. The summed E-state index contributed by atoms with van der Waals surface area (Å²) in [5.74, 6) is -0.814. The second-order valence-electron chi connectivity index (χ2n) is 4.79. The SMILES string of the molecule is O=C1S/C(=C\C=C\c2ccccc2)C(=O)N1c1ccc(F)cc1. The predicted octanol–water partition coefficient (Wildman–Crippen LogP) is 4.62. The van der Waals surface area contributed by atoms with Gasteiger partial charge in [-0.3, -0.25) is 9.59 Å². The van der Waals surface area contributed by atoms with E-state index in [4.69, 9.17) is 0 Å². The lowest BCUT2D eigenvalue weighted by Gasteiger charge is -2.11. The fourth-order valence-electron chi connectivity index (χ4n) is 2.11. The summed E-state index contributed by atoms with van der Waals surface area (Å²) < 4.78 is 13.0. The lowest BCUT2D eigenvalue weighted by atomic mass is 10.2. The van der Waals surface area contributed by atoms with Gasteiger partial charge >= 0.3 is 0 Å². The molecule has 23 heavy (non-hydrogen) atoms. The molecule has 2 aromatic carbocycles. The zero-order chi connectivity index (χ0) is 16.2. The minimum atomic E-state index is -0.415. The Kier molecular flexibility index (Phi) is 4.39. The molecule has 3 nitrogen and oxygen atoms in total. The Balaban J connectivity index is 1.79. The molecule has 0 N–H and O–H groups in total. The van der Waals surface area contributed by atoms with Gasteiger partial charge in [0, 0.05) is 0 Å². The van der Waals surface area contributed by atoms with Gasteiger partial charge in [0.15, 0.2) is 0 Å². The Morgan fingerprint density at radius 2 is 1.65 bits per heavy atom. The first-order valence-electron chi connectivity index (χ1n) is 6.90. The van der Waals surface area contributed by atoms with Crippen molar-refractivity contribution in [3.63, 3.8) is 0 Å². The molecule has 1 aliphatic rings. The average Bonchev–Trinajstić information content (AvgIpc) is 2.84. The summed E-state index contributed by atoms with van der Waals surface area (Å²) >= 11 is 0.870. The first-order valence-corrected chi connectivity index (χ1v) is 7.72. The quantitative estimate of drug-likeness (QED) is 0.773. The maximum Gasteiger partial charge on any atom is 0.298 e. The third kappa shape index (κ3) is 3.40. The lowest BCUT2D eigenvalue weighted by Crippen LogP contribution is -2.27. The standard InChI is InChI=1S/C18H12FNO2S/c19-14-9-11-15(12-10-14)20-17(21)16(23-18(20)22)8-4-7-13-5-2-1-3-6-13/h1-12H/b7-4+,16-8-. The van der Waals surface area contributed by atoms with Crippen LogP contribution in [0.25, 0.3) is 6.08 Å². The maximum atomic E-state index is 13.0. The molecule has 0 saturated carbocycles. The number of imide groups is 1. The smallest absolute Gasteiger partial charge is 0.268 e. The molecule has 1 heterocycles. The normalized spacial score (nSPS) is 16.7. The summed E-state index contributed by atoms with van der Waals surface area (Å²) in [4.78, 5) is 25.7. The first-order chi connectivity index (χ1) is 11.1. The summed E-state index contributed by atoms with van der Waals surface area (Å²) in [6, 6.07) is 14.9. The highest BCUT2D eigenvalue weighted by Crippen LogP contribution is 2.34. The van der Waals surface area contributed by atoms with Crippen molar-refractivity contribution in [1.29, 1.82) is 0 Å². The number of rotatable bonds is 3. The minimum absolute atomic E-state index is 0.339. The number of carbonyl (C=O) groups is 2. The molecule has 0 radical (unpaired) electrons. The van der Waals surface area contributed by atoms with Crippen LogP contribution in [-0.2, 0) is 4.79 Å². The molecule has 1 saturated heterocycles. The van der Waals surface area contributed by atoms with E-state index in [0.717, 1.165) is 22.2 Å². The molecular weight excluding hydrogens is 313 g/mol. The molecule has 1 fully saturated rings. The second-order valence-corrected chi connectivity index (χ2v) is 5.78. The van der Waals surface area contributed by atoms with Gasteiger partial charge in [-0.05, 0) is 47.7 Å². The predicted molar refractivity (Wildman–Crippen MR) is 90.4 cm³/mol. The Bertz CT molecular complexity index is 798. The number of benzene rings is 2. The van der Waals surface area contributed by atoms with Crippen molar-refractivity contribution >= 4 is 34.7 Å². The summed E-state index contributed by atoms with van der Waals surface area (Å²) in [6.07, 6.45) is 5.20. The van der Waals surface area contributed by atoms with E-state index in [9.17, 15) is 14.0 Å². The zero-order valence-electron chi connectivity index (χ0n) is 12.0. The van der Waals surface area contributed by atoms with Crippen LogP contribution in [0.1, 0.15) is 5.56 Å². The number of hydrogen-bond acceptors (Lipinski definition) is 3. The van der Waals surface area contributed by atoms with Crippen LogP contribution in [0.2, 0.25) is 0 Å². The summed E-state index contributed by atoms with van der Waals surface area (Å²) in [7, 11) is 0. The fourth-order valence-corrected chi connectivity index (χ4v) is 2.90. The van der Waals surface area contributed by atoms with Gasteiger partial charge in [0.1, 0.15) is 5.82 Å². The molecule has 2 aromatic rings. The van der Waals surface area contributed by atoms with Crippen LogP contribution in [0.15, 0.2) is 71.7 Å². The number of allylic oxidation sites excluding steroid dienone is 2. The molecule has 0 aromatic heterocycles. The van der Waals surface area contributed by atoms with Gasteiger partial charge < -0.3 is 0 Å². The third-order valence-corrected chi connectivity index (χ3v) is 4.10. The molecule has 0 unspecified atom stereocenters. The van der Waals surface area contributed by atoms with E-state index in [1.807, 2.05) is 36.4 Å². The number of nitrogens with zero attached hydrogens (tertiary/aromatic N) is 1. The Morgan fingerprint density at radius 1 is 0.957 bits per heavy atom. The topological polar surface area (TPSA) is 37.4 Å². The molecule has 0 bridgehead atoms. The van der Waals surface area contributed by atoms with Crippen molar-refractivity contribution < 1.29 is 14.0 Å². The number of thioether (sulfide) groups is 1. The third-order valence-electron chi connectivity index (χ3n) is 3.21. The van der Waals surface area contributed by atoms with Crippen LogP contribution in [-0.4, -0.2) is 11.1 Å². The number of anilines is 1. The van der Waals surface area contributed by atoms with E-state index in [0.29, 0.717) is 10.6 Å². The maximum absolute atomic E-state index is 13.0. The molecule has 5 heteroatoms. The number of halogens is 1. The summed E-state index contributed by atoms with van der Waals surface area (Å²) in [5.41, 5.74) is 1.37. The van der Waals surface area contributed by atoms with Gasteiger partial charge in [0.2, 0.25) is 0 Å². The van der Waals surface area contributed by atoms with E-state index < -0.39 is 11.7 Å². The molecule has 0 atom stereocenters. The van der Waals surface area contributed by atoms with Gasteiger partial charge in [-0.1, -0.05) is 42.5 Å². The van der Waals surface area contributed by atoms with Crippen molar-refractivity contribution in [3.8, 4) is 0 Å². The Morgan fingerprint density at radius 3 is 2.35 bits per heavy atom. The van der Waals surface area contributed by atoms with E-state index in [2.05, 4.69) is 0 Å². The van der Waals surface area contributed by atoms with E-state index in [-0.39, 0.29) is 5.24 Å². The number of amides is 2. The molecule has 1 aliphatic heterocycles. The van der Waals surface area contributed by atoms with E-state index >= 15 is 0 Å². The molecule has 0 aliphatic carbocycles. The fraction of sp³-hybridized carbons (Fsp3) is 0. The van der Waals surface area contributed by atoms with Gasteiger partial charge in [0.25, 0.3) is 11.1 Å². The number of carbonyl (C=O) groups excluding carboxylic acids is 2. The molecule has 2 amide bonds. The average molecular weight is 325 g/mol. The van der Waals surface area contributed by atoms with Gasteiger partial charge in [-0.15, -0.1) is 0 Å². The lowest BCUT2D eigenvalue weighted by molar-refractivity contribution is -0.113. The van der Waals surface area contributed by atoms with Crippen LogP contribution in [0.4, 0.5) is 14.9 Å². The summed E-state index contributed by atoms with van der Waals surface area (Å²) in [5, 5.41) is -0.388. The van der Waals surface area contributed by atoms with Crippen molar-refractivity contribution in [2.45, 2.75) is 0 Å². The molecular formula is C18H12FNO2S. The Hall–Kier alpha value is -2.66. The molecule has 3 rings (SSSR count). The number of hydrogen-bond donors (Lipinski definition) is 0. The monoisotopic (exact) mass is 325 g/mol. The minimum Gasteiger partial charge on any atom is -0.268 e. The molecule has 114 valence electrons. The van der Waals surface area contributed by atoms with Crippen molar-refractivity contribution in [2.75, 3.05) is 4.90 Å². The second kappa shape index (κ2) is 6.62. The summed E-state index contributed by atoms with van der Waals surface area (Å²) in [6.45, 7) is 0. The highest BCUT2D eigenvalue weighted by Gasteiger charge is 2.35. The highest BCUT2D eigenvalue weighted by molar-refractivity contribution is 8.18.